The van der Waals surface area contributed by atoms with E-state index >= 15 is 0 Å². The number of allylic oxidation sites excluding steroid dienone is 2. The van der Waals surface area contributed by atoms with Crippen LogP contribution in [0.3, 0.4) is 0 Å². The second kappa shape index (κ2) is 5.54. The molecule has 0 N–H and O–H groups in total. The molecule has 0 saturated heterocycles. The van der Waals surface area contributed by atoms with Crippen LogP contribution in [0, 0.1) is 16.7 Å². The second-order valence-corrected chi connectivity index (χ2v) is 5.26. The van der Waals surface area contributed by atoms with E-state index in [2.05, 4.69) is 18.0 Å². The summed E-state index contributed by atoms with van der Waals surface area (Å²) >= 11 is 6.57. The van der Waals surface area contributed by atoms with E-state index in [1.54, 1.807) is 12.4 Å². The van der Waals surface area contributed by atoms with Crippen molar-refractivity contribution in [3.63, 3.8) is 0 Å². The van der Waals surface area contributed by atoms with Crippen molar-refractivity contribution in [1.29, 1.82) is 5.26 Å². The molecule has 1 fully saturated rings. The maximum absolute atomic E-state index is 9.40. The van der Waals surface area contributed by atoms with Gasteiger partial charge in [-0.1, -0.05) is 37.4 Å². The van der Waals surface area contributed by atoms with Crippen molar-refractivity contribution in [3.05, 3.63) is 35.1 Å². The number of aromatic nitrogens is 1. The summed E-state index contributed by atoms with van der Waals surface area (Å²) in [4.78, 5) is 4.07. The monoisotopic (exact) mass is 260 g/mol. The standard InChI is InChI=1S/C15H17ClN2/c1-2-15(7-3-4-8-15)14(16)13(10-17)12-6-5-9-18-11-12/h5-6,9,11H,2-4,7-8H2,1H3/b14-13+. The van der Waals surface area contributed by atoms with Gasteiger partial charge in [-0.15, -0.1) is 0 Å². The highest BCUT2D eigenvalue weighted by Gasteiger charge is 2.37. The van der Waals surface area contributed by atoms with Crippen LogP contribution in [0.1, 0.15) is 44.6 Å². The first-order valence-corrected chi connectivity index (χ1v) is 6.82. The average molecular weight is 261 g/mol. The molecule has 2 rings (SSSR count). The first-order valence-electron chi connectivity index (χ1n) is 6.44. The molecule has 1 heterocycles. The molecule has 0 spiro atoms. The fraction of sp³-hybridized carbons (Fsp3) is 0.467. The molecule has 2 nitrogen and oxygen atoms in total. The maximum atomic E-state index is 9.40. The molecule has 0 bridgehead atoms. The van der Waals surface area contributed by atoms with E-state index in [1.807, 2.05) is 12.1 Å². The Kier molecular flexibility index (Phi) is 4.04. The zero-order valence-corrected chi connectivity index (χ0v) is 11.4. The maximum Gasteiger partial charge on any atom is 0.101 e. The highest BCUT2D eigenvalue weighted by Crippen LogP contribution is 2.50. The van der Waals surface area contributed by atoms with Gasteiger partial charge in [-0.2, -0.15) is 5.26 Å². The van der Waals surface area contributed by atoms with Crippen molar-refractivity contribution in [2.75, 3.05) is 0 Å². The summed E-state index contributed by atoms with van der Waals surface area (Å²) in [5, 5.41) is 10.1. The van der Waals surface area contributed by atoms with Crippen molar-refractivity contribution in [2.24, 2.45) is 5.41 Å². The van der Waals surface area contributed by atoms with E-state index < -0.39 is 0 Å². The second-order valence-electron chi connectivity index (χ2n) is 4.88. The molecule has 0 aliphatic heterocycles. The van der Waals surface area contributed by atoms with Gasteiger partial charge in [0.1, 0.15) is 6.07 Å². The number of hydrogen-bond acceptors (Lipinski definition) is 2. The molecule has 0 amide bonds. The minimum Gasteiger partial charge on any atom is -0.264 e. The summed E-state index contributed by atoms with van der Waals surface area (Å²) < 4.78 is 0. The van der Waals surface area contributed by atoms with E-state index in [0.29, 0.717) is 5.57 Å². The lowest BCUT2D eigenvalue weighted by Gasteiger charge is -2.28. The molecule has 94 valence electrons. The summed E-state index contributed by atoms with van der Waals surface area (Å²) in [6.45, 7) is 2.16. The molecular weight excluding hydrogens is 244 g/mol. The van der Waals surface area contributed by atoms with Gasteiger partial charge >= 0.3 is 0 Å². The van der Waals surface area contributed by atoms with E-state index in [1.165, 1.54) is 12.8 Å². The zero-order chi connectivity index (χ0) is 13.0. The largest absolute Gasteiger partial charge is 0.264 e. The lowest BCUT2D eigenvalue weighted by Crippen LogP contribution is -2.16. The minimum absolute atomic E-state index is 0.0163. The third-order valence-corrected chi connectivity index (χ3v) is 4.57. The molecule has 18 heavy (non-hydrogen) atoms. The number of rotatable bonds is 3. The van der Waals surface area contributed by atoms with Gasteiger partial charge < -0.3 is 0 Å². The Morgan fingerprint density at radius 1 is 1.50 bits per heavy atom. The number of halogens is 1. The average Bonchev–Trinajstić information content (AvgIpc) is 2.91. The number of hydrogen-bond donors (Lipinski definition) is 0. The van der Waals surface area contributed by atoms with Crippen molar-refractivity contribution in [3.8, 4) is 6.07 Å². The summed E-state index contributed by atoms with van der Waals surface area (Å²) in [6, 6.07) is 5.99. The van der Waals surface area contributed by atoms with Crippen LogP contribution in [-0.4, -0.2) is 4.98 Å². The van der Waals surface area contributed by atoms with Crippen LogP contribution in [0.15, 0.2) is 29.6 Å². The summed E-state index contributed by atoms with van der Waals surface area (Å²) in [6.07, 6.45) is 9.00. The number of nitrogens with zero attached hydrogens (tertiary/aromatic N) is 2. The SMILES string of the molecule is CCC1(/C(Cl)=C(/C#N)c2cccnc2)CCCC1. The topological polar surface area (TPSA) is 36.7 Å². The van der Waals surface area contributed by atoms with E-state index in [-0.39, 0.29) is 5.41 Å². The summed E-state index contributed by atoms with van der Waals surface area (Å²) in [5.74, 6) is 0. The molecule has 0 aromatic carbocycles. The third-order valence-electron chi connectivity index (χ3n) is 3.98. The van der Waals surface area contributed by atoms with Gasteiger partial charge in [0.15, 0.2) is 0 Å². The first kappa shape index (κ1) is 13.1. The van der Waals surface area contributed by atoms with Gasteiger partial charge in [0, 0.05) is 28.4 Å². The Bertz CT molecular complexity index is 479. The predicted molar refractivity (Wildman–Crippen MR) is 73.8 cm³/mol. The minimum atomic E-state index is 0.0163. The van der Waals surface area contributed by atoms with Crippen LogP contribution in [0.25, 0.3) is 5.57 Å². The quantitative estimate of drug-likeness (QED) is 0.749. The summed E-state index contributed by atoms with van der Waals surface area (Å²) in [5.41, 5.74) is 1.43. The highest BCUT2D eigenvalue weighted by atomic mass is 35.5. The van der Waals surface area contributed by atoms with Gasteiger partial charge in [-0.25, -0.2) is 0 Å². The zero-order valence-electron chi connectivity index (χ0n) is 10.6. The van der Waals surface area contributed by atoms with Crippen LogP contribution >= 0.6 is 11.6 Å². The third kappa shape index (κ3) is 2.28. The van der Waals surface area contributed by atoms with Crippen molar-refractivity contribution in [1.82, 2.24) is 4.98 Å². The van der Waals surface area contributed by atoms with Gasteiger partial charge in [0.25, 0.3) is 0 Å². The van der Waals surface area contributed by atoms with Gasteiger partial charge in [0.2, 0.25) is 0 Å². The fourth-order valence-electron chi connectivity index (χ4n) is 2.80. The Hall–Kier alpha value is -1.33. The Morgan fingerprint density at radius 3 is 2.72 bits per heavy atom. The van der Waals surface area contributed by atoms with Crippen molar-refractivity contribution >= 4 is 17.2 Å². The number of nitriles is 1. The molecule has 0 unspecified atom stereocenters. The lowest BCUT2D eigenvalue weighted by molar-refractivity contribution is 0.373. The van der Waals surface area contributed by atoms with Crippen LogP contribution in [-0.2, 0) is 0 Å². The molecule has 0 atom stereocenters. The van der Waals surface area contributed by atoms with Crippen LogP contribution in [0.5, 0.6) is 0 Å². The lowest BCUT2D eigenvalue weighted by atomic mass is 9.80. The van der Waals surface area contributed by atoms with Crippen LogP contribution in [0.2, 0.25) is 0 Å². The van der Waals surface area contributed by atoms with E-state index in [9.17, 15) is 5.26 Å². The van der Waals surface area contributed by atoms with Gasteiger partial charge in [-0.3, -0.25) is 4.98 Å². The number of pyridine rings is 1. The van der Waals surface area contributed by atoms with Crippen molar-refractivity contribution < 1.29 is 0 Å². The van der Waals surface area contributed by atoms with E-state index in [4.69, 9.17) is 11.6 Å². The first-order chi connectivity index (χ1) is 8.73. The normalized spacial score (nSPS) is 19.2. The molecule has 1 aliphatic rings. The van der Waals surface area contributed by atoms with Gasteiger partial charge in [-0.05, 0) is 25.3 Å². The molecule has 1 aromatic rings. The molecular formula is C15H17ClN2. The fourth-order valence-corrected chi connectivity index (χ4v) is 3.27. The molecule has 1 aliphatic carbocycles. The van der Waals surface area contributed by atoms with E-state index in [0.717, 1.165) is 29.9 Å². The van der Waals surface area contributed by atoms with Crippen molar-refractivity contribution in [2.45, 2.75) is 39.0 Å². The molecule has 3 heteroatoms. The van der Waals surface area contributed by atoms with Crippen LogP contribution < -0.4 is 0 Å². The predicted octanol–water partition coefficient (Wildman–Crippen LogP) is 4.53. The molecule has 1 aromatic heterocycles. The smallest absolute Gasteiger partial charge is 0.101 e. The summed E-state index contributed by atoms with van der Waals surface area (Å²) in [7, 11) is 0. The Balaban J connectivity index is 2.47. The molecule has 0 radical (unpaired) electrons. The Morgan fingerprint density at radius 2 is 2.22 bits per heavy atom. The van der Waals surface area contributed by atoms with Gasteiger partial charge in [0.05, 0.1) is 5.57 Å². The highest BCUT2D eigenvalue weighted by molar-refractivity contribution is 6.34. The van der Waals surface area contributed by atoms with Crippen LogP contribution in [0.4, 0.5) is 0 Å². The molecule has 1 saturated carbocycles. The Labute approximate surface area is 113 Å².